The molecule has 156 valence electrons. The van der Waals surface area contributed by atoms with Crippen LogP contribution in [0.4, 0.5) is 5.69 Å². The zero-order chi connectivity index (χ0) is 21.8. The number of rotatable bonds is 5. The maximum Gasteiger partial charge on any atom is 0.283 e. The van der Waals surface area contributed by atoms with Gasteiger partial charge >= 0.3 is 0 Å². The fraction of sp³-hybridized carbons (Fsp3) is 0.292. The minimum Gasteiger partial charge on any atom is -0.358 e. The van der Waals surface area contributed by atoms with Crippen LogP contribution >= 0.6 is 11.8 Å². The van der Waals surface area contributed by atoms with Gasteiger partial charge in [0.2, 0.25) is 5.91 Å². The largest absolute Gasteiger partial charge is 0.358 e. The van der Waals surface area contributed by atoms with Crippen LogP contribution in [0.25, 0.3) is 6.08 Å². The lowest BCUT2D eigenvalue weighted by Gasteiger charge is -2.19. The summed E-state index contributed by atoms with van der Waals surface area (Å²) in [6.07, 6.45) is 1.80. The predicted molar refractivity (Wildman–Crippen MR) is 126 cm³/mol. The van der Waals surface area contributed by atoms with E-state index >= 15 is 0 Å². The summed E-state index contributed by atoms with van der Waals surface area (Å²) in [5.41, 5.74) is 4.37. The Hall–Kier alpha value is -2.86. The van der Waals surface area contributed by atoms with Gasteiger partial charge in [-0.1, -0.05) is 67.6 Å². The minimum atomic E-state index is -0.376. The summed E-state index contributed by atoms with van der Waals surface area (Å²) in [5, 5.41) is 2.77. The monoisotopic (exact) mass is 421 g/mol. The number of aliphatic imine (C=N–C) groups is 1. The first-order chi connectivity index (χ1) is 14.3. The van der Waals surface area contributed by atoms with E-state index in [0.717, 1.165) is 16.8 Å². The van der Waals surface area contributed by atoms with E-state index in [-0.39, 0.29) is 17.1 Å². The molecular weight excluding hydrogens is 394 g/mol. The second kappa shape index (κ2) is 9.30. The number of carbonyl (C=O) groups is 2. The molecule has 0 saturated heterocycles. The molecule has 1 unspecified atom stereocenters. The van der Waals surface area contributed by atoms with E-state index in [2.05, 4.69) is 36.3 Å². The zero-order valence-corrected chi connectivity index (χ0v) is 18.8. The van der Waals surface area contributed by atoms with E-state index in [4.69, 9.17) is 0 Å². The summed E-state index contributed by atoms with van der Waals surface area (Å²) >= 11 is 1.27. The van der Waals surface area contributed by atoms with Crippen molar-refractivity contribution in [1.29, 1.82) is 0 Å². The molecule has 6 heteroatoms. The number of anilines is 1. The van der Waals surface area contributed by atoms with E-state index in [0.29, 0.717) is 16.8 Å². The number of aryl methyl sites for hydroxylation is 1. The third-order valence-electron chi connectivity index (χ3n) is 4.93. The molecule has 5 nitrogen and oxygen atoms in total. The van der Waals surface area contributed by atoms with E-state index in [1.165, 1.54) is 17.3 Å². The number of benzene rings is 2. The molecule has 0 radical (unpaired) electrons. The maximum atomic E-state index is 13.2. The highest BCUT2D eigenvalue weighted by atomic mass is 32.2. The predicted octanol–water partition coefficient (Wildman–Crippen LogP) is 4.73. The highest BCUT2D eigenvalue weighted by Crippen LogP contribution is 2.31. The van der Waals surface area contributed by atoms with Crippen molar-refractivity contribution < 1.29 is 9.59 Å². The first-order valence-corrected chi connectivity index (χ1v) is 10.9. The molecular formula is C24H27N3O2S. The molecule has 0 spiro atoms. The Labute approximate surface area is 182 Å². The van der Waals surface area contributed by atoms with Gasteiger partial charge in [-0.05, 0) is 49.1 Å². The number of nitrogens with zero attached hydrogens (tertiary/aromatic N) is 2. The Morgan fingerprint density at radius 1 is 1.07 bits per heavy atom. The second-order valence-electron chi connectivity index (χ2n) is 7.60. The number of carbonyl (C=O) groups excluding carboxylic acids is 2. The third-order valence-corrected chi connectivity index (χ3v) is 5.98. The van der Waals surface area contributed by atoms with Crippen LogP contribution in [0.1, 0.15) is 43.4 Å². The molecule has 0 saturated carbocycles. The third kappa shape index (κ3) is 4.82. The molecule has 1 aliphatic heterocycles. The van der Waals surface area contributed by atoms with Crippen LogP contribution < -0.4 is 10.2 Å². The van der Waals surface area contributed by atoms with Crippen LogP contribution in [-0.4, -0.2) is 29.3 Å². The van der Waals surface area contributed by atoms with Crippen molar-refractivity contribution in [3.05, 3.63) is 70.9 Å². The molecule has 0 aliphatic carbocycles. The van der Waals surface area contributed by atoms with E-state index < -0.39 is 0 Å². The average molecular weight is 422 g/mol. The quantitative estimate of drug-likeness (QED) is 0.710. The van der Waals surface area contributed by atoms with Crippen LogP contribution in [0.2, 0.25) is 0 Å². The van der Waals surface area contributed by atoms with Gasteiger partial charge in [-0.2, -0.15) is 0 Å². The minimum absolute atomic E-state index is 0.110. The van der Waals surface area contributed by atoms with Crippen molar-refractivity contribution in [2.75, 3.05) is 11.9 Å². The molecule has 2 amide bonds. The van der Waals surface area contributed by atoms with Gasteiger partial charge < -0.3 is 5.32 Å². The second-order valence-corrected chi connectivity index (χ2v) is 8.90. The van der Waals surface area contributed by atoms with Crippen LogP contribution in [0.5, 0.6) is 0 Å². The summed E-state index contributed by atoms with van der Waals surface area (Å²) in [6.45, 7) is 8.10. The van der Waals surface area contributed by atoms with Gasteiger partial charge in [-0.15, -0.1) is 0 Å². The van der Waals surface area contributed by atoms with Crippen molar-refractivity contribution in [1.82, 2.24) is 5.32 Å². The molecule has 2 aromatic rings. The van der Waals surface area contributed by atoms with Gasteiger partial charge in [-0.3, -0.25) is 14.5 Å². The highest BCUT2D eigenvalue weighted by Gasteiger charge is 2.33. The number of amides is 2. The molecule has 0 aromatic heterocycles. The molecule has 0 fully saturated rings. The molecule has 1 heterocycles. The molecule has 3 rings (SSSR count). The standard InChI is InChI=1S/C24H27N3O2S/c1-15(2)19-10-8-18(9-11-19)14-21-23(29)27(20-12-6-16(3)7-13-20)24(26-21)30-17(4)22(28)25-5/h6-15,17H,1-5H3,(H,25,28)/b21-14-. The summed E-state index contributed by atoms with van der Waals surface area (Å²) in [7, 11) is 1.60. The Morgan fingerprint density at radius 2 is 1.70 bits per heavy atom. The summed E-state index contributed by atoms with van der Waals surface area (Å²) in [4.78, 5) is 31.4. The fourth-order valence-electron chi connectivity index (χ4n) is 3.05. The van der Waals surface area contributed by atoms with Crippen molar-refractivity contribution >= 4 is 40.5 Å². The number of hydrogen-bond donors (Lipinski definition) is 1. The average Bonchev–Trinajstić information content (AvgIpc) is 3.03. The Morgan fingerprint density at radius 3 is 2.27 bits per heavy atom. The smallest absolute Gasteiger partial charge is 0.283 e. The lowest BCUT2D eigenvalue weighted by atomic mass is 10.0. The Bertz CT molecular complexity index is 992. The maximum absolute atomic E-state index is 13.2. The summed E-state index contributed by atoms with van der Waals surface area (Å²) in [6, 6.07) is 15.9. The van der Waals surface area contributed by atoms with E-state index in [9.17, 15) is 9.59 Å². The molecule has 30 heavy (non-hydrogen) atoms. The normalized spacial score (nSPS) is 16.2. The number of hydrogen-bond acceptors (Lipinski definition) is 4. The van der Waals surface area contributed by atoms with Gasteiger partial charge in [0, 0.05) is 7.05 Å². The molecule has 0 bridgehead atoms. The molecule has 1 N–H and O–H groups in total. The van der Waals surface area contributed by atoms with Gasteiger partial charge in [0.05, 0.1) is 10.9 Å². The SMILES string of the molecule is CNC(=O)C(C)SC1=N/C(=C\c2ccc(C(C)C)cc2)C(=O)N1c1ccc(C)cc1. The van der Waals surface area contributed by atoms with Gasteiger partial charge in [0.25, 0.3) is 5.91 Å². The van der Waals surface area contributed by atoms with Gasteiger partial charge in [-0.25, -0.2) is 4.99 Å². The van der Waals surface area contributed by atoms with E-state index in [1.54, 1.807) is 24.9 Å². The number of amidine groups is 1. The van der Waals surface area contributed by atoms with Crippen molar-refractivity contribution in [2.24, 2.45) is 4.99 Å². The first-order valence-electron chi connectivity index (χ1n) is 10.00. The topological polar surface area (TPSA) is 61.8 Å². The zero-order valence-electron chi connectivity index (χ0n) is 18.0. The summed E-state index contributed by atoms with van der Waals surface area (Å²) < 4.78 is 0. The Balaban J connectivity index is 1.96. The fourth-order valence-corrected chi connectivity index (χ4v) is 4.03. The van der Waals surface area contributed by atoms with Crippen molar-refractivity contribution in [2.45, 2.75) is 38.9 Å². The highest BCUT2D eigenvalue weighted by molar-refractivity contribution is 8.15. The summed E-state index contributed by atoms with van der Waals surface area (Å²) in [5.74, 6) is 0.142. The number of thioether (sulfide) groups is 1. The number of nitrogens with one attached hydrogen (secondary N) is 1. The first kappa shape index (κ1) is 21.8. The lowest BCUT2D eigenvalue weighted by molar-refractivity contribution is -0.119. The van der Waals surface area contributed by atoms with Crippen LogP contribution in [0.15, 0.2) is 59.2 Å². The van der Waals surface area contributed by atoms with Crippen LogP contribution in [0.3, 0.4) is 0 Å². The molecule has 2 aromatic carbocycles. The Kier molecular flexibility index (Phi) is 6.77. The van der Waals surface area contributed by atoms with E-state index in [1.807, 2.05) is 43.3 Å². The van der Waals surface area contributed by atoms with Crippen molar-refractivity contribution in [3.63, 3.8) is 0 Å². The van der Waals surface area contributed by atoms with Crippen molar-refractivity contribution in [3.8, 4) is 0 Å². The lowest BCUT2D eigenvalue weighted by Crippen LogP contribution is -2.34. The molecule has 1 aliphatic rings. The van der Waals surface area contributed by atoms with Crippen LogP contribution in [-0.2, 0) is 9.59 Å². The van der Waals surface area contributed by atoms with Gasteiger partial charge in [0.15, 0.2) is 5.17 Å². The van der Waals surface area contributed by atoms with Crippen LogP contribution in [0, 0.1) is 6.92 Å². The molecule has 1 atom stereocenters. The van der Waals surface area contributed by atoms with Gasteiger partial charge in [0.1, 0.15) is 5.70 Å².